The summed E-state index contributed by atoms with van der Waals surface area (Å²) in [7, 11) is 0. The number of carbonyl (C=O) groups is 1. The highest BCUT2D eigenvalue weighted by Gasteiger charge is 2.27. The second-order valence-electron chi connectivity index (χ2n) is 5.17. The number of nitrogens with one attached hydrogen (secondary N) is 2. The van der Waals surface area contributed by atoms with Crippen molar-refractivity contribution in [1.29, 1.82) is 0 Å². The summed E-state index contributed by atoms with van der Waals surface area (Å²) in [6.07, 6.45) is -0.378. The molecule has 0 radical (unpaired) electrons. The van der Waals surface area contributed by atoms with Crippen molar-refractivity contribution in [3.63, 3.8) is 0 Å². The highest BCUT2D eigenvalue weighted by atomic mass is 16.3. The fourth-order valence-electron chi connectivity index (χ4n) is 2.60. The van der Waals surface area contributed by atoms with Crippen LogP contribution in [0.25, 0.3) is 0 Å². The highest BCUT2D eigenvalue weighted by molar-refractivity contribution is 5.81. The number of nitrogens with zero attached hydrogens (tertiary/aromatic N) is 2. The molecule has 0 saturated carbocycles. The summed E-state index contributed by atoms with van der Waals surface area (Å²) in [5, 5.41) is 16.3. The lowest BCUT2D eigenvalue weighted by atomic mass is 10.1. The van der Waals surface area contributed by atoms with E-state index in [0.29, 0.717) is 19.6 Å². The molecule has 0 aliphatic carbocycles. The van der Waals surface area contributed by atoms with Crippen molar-refractivity contribution >= 4 is 5.91 Å². The maximum Gasteiger partial charge on any atom is 0.237 e. The molecule has 2 atom stereocenters. The van der Waals surface area contributed by atoms with Crippen LogP contribution in [0.2, 0.25) is 0 Å². The van der Waals surface area contributed by atoms with Crippen molar-refractivity contribution in [2.24, 2.45) is 0 Å². The normalized spacial score (nSPS) is 29.0. The van der Waals surface area contributed by atoms with Gasteiger partial charge in [-0.15, -0.1) is 0 Å². The number of aliphatic hydroxyl groups excluding tert-OH is 1. The maximum atomic E-state index is 11.5. The summed E-state index contributed by atoms with van der Waals surface area (Å²) in [5.74, 6) is 0.0654. The second-order valence-corrected chi connectivity index (χ2v) is 5.17. The summed E-state index contributed by atoms with van der Waals surface area (Å²) in [6.45, 7) is 8.66. The molecule has 3 N–H and O–H groups in total. The van der Waals surface area contributed by atoms with E-state index in [0.717, 1.165) is 32.7 Å². The van der Waals surface area contributed by atoms with Crippen LogP contribution in [0.4, 0.5) is 0 Å². The zero-order valence-corrected chi connectivity index (χ0v) is 11.1. The Balaban J connectivity index is 1.75. The van der Waals surface area contributed by atoms with Gasteiger partial charge in [-0.2, -0.15) is 0 Å². The largest absolute Gasteiger partial charge is 0.390 e. The molecule has 0 bridgehead atoms. The number of rotatable bonds is 4. The molecule has 1 amide bonds. The lowest BCUT2D eigenvalue weighted by Crippen LogP contribution is -2.56. The Kier molecular flexibility index (Phi) is 4.94. The average molecular weight is 256 g/mol. The van der Waals surface area contributed by atoms with E-state index in [4.69, 9.17) is 0 Å². The third-order valence-corrected chi connectivity index (χ3v) is 3.75. The average Bonchev–Trinajstić information content (AvgIpc) is 2.36. The molecule has 2 saturated heterocycles. The zero-order valence-electron chi connectivity index (χ0n) is 11.1. The van der Waals surface area contributed by atoms with Gasteiger partial charge in [-0.25, -0.2) is 0 Å². The molecule has 2 unspecified atom stereocenters. The van der Waals surface area contributed by atoms with Crippen molar-refractivity contribution in [2.75, 3.05) is 52.4 Å². The van der Waals surface area contributed by atoms with Gasteiger partial charge in [0.15, 0.2) is 0 Å². The minimum atomic E-state index is -0.378. The van der Waals surface area contributed by atoms with E-state index in [1.165, 1.54) is 0 Å². The van der Waals surface area contributed by atoms with Crippen molar-refractivity contribution in [2.45, 2.75) is 19.1 Å². The molecular formula is C12H24N4O2. The molecule has 2 aliphatic rings. The van der Waals surface area contributed by atoms with Crippen LogP contribution in [0.3, 0.4) is 0 Å². The standard InChI is InChI=1S/C12H24N4O2/c1-10-12(18)14-4-7-16(10)9-11(17)8-15-5-2-13-3-6-15/h10-11,13,17H,2-9H2,1H3,(H,14,18). The molecule has 104 valence electrons. The summed E-state index contributed by atoms with van der Waals surface area (Å²) < 4.78 is 0. The van der Waals surface area contributed by atoms with Crippen LogP contribution >= 0.6 is 0 Å². The number of β-amino-alcohol motifs (C(OH)–C–C–N with tert-alkyl or cyclic N) is 1. The van der Waals surface area contributed by atoms with Gasteiger partial charge in [-0.1, -0.05) is 0 Å². The van der Waals surface area contributed by atoms with Crippen molar-refractivity contribution in [3.05, 3.63) is 0 Å². The third kappa shape index (κ3) is 3.65. The van der Waals surface area contributed by atoms with Crippen molar-refractivity contribution in [3.8, 4) is 0 Å². The van der Waals surface area contributed by atoms with Gasteiger partial charge in [0.2, 0.25) is 5.91 Å². The Morgan fingerprint density at radius 3 is 2.72 bits per heavy atom. The molecule has 0 aromatic carbocycles. The monoisotopic (exact) mass is 256 g/mol. The van der Waals surface area contributed by atoms with Gasteiger partial charge in [0.05, 0.1) is 12.1 Å². The van der Waals surface area contributed by atoms with Crippen LogP contribution < -0.4 is 10.6 Å². The zero-order chi connectivity index (χ0) is 13.0. The third-order valence-electron chi connectivity index (χ3n) is 3.75. The van der Waals surface area contributed by atoms with Gasteiger partial charge in [0.25, 0.3) is 0 Å². The van der Waals surface area contributed by atoms with E-state index >= 15 is 0 Å². The van der Waals surface area contributed by atoms with Gasteiger partial charge in [0.1, 0.15) is 0 Å². The first-order chi connectivity index (χ1) is 8.66. The van der Waals surface area contributed by atoms with Gasteiger partial charge in [-0.05, 0) is 6.92 Å². The number of hydrogen-bond acceptors (Lipinski definition) is 5. The molecular weight excluding hydrogens is 232 g/mol. The van der Waals surface area contributed by atoms with Crippen molar-refractivity contribution < 1.29 is 9.90 Å². The topological polar surface area (TPSA) is 67.8 Å². The molecule has 2 heterocycles. The van der Waals surface area contributed by atoms with E-state index in [1.54, 1.807) is 0 Å². The molecule has 18 heavy (non-hydrogen) atoms. The molecule has 6 heteroatoms. The molecule has 0 aromatic heterocycles. The number of hydrogen-bond donors (Lipinski definition) is 3. The fourth-order valence-corrected chi connectivity index (χ4v) is 2.60. The van der Waals surface area contributed by atoms with Crippen LogP contribution in [-0.4, -0.2) is 85.3 Å². The molecule has 2 aliphatic heterocycles. The number of piperazine rings is 2. The molecule has 2 fully saturated rings. The second kappa shape index (κ2) is 6.47. The van der Waals surface area contributed by atoms with Gasteiger partial charge >= 0.3 is 0 Å². The van der Waals surface area contributed by atoms with E-state index in [1.807, 2.05) is 6.92 Å². The maximum absolute atomic E-state index is 11.5. The minimum absolute atomic E-state index is 0.0654. The molecule has 6 nitrogen and oxygen atoms in total. The van der Waals surface area contributed by atoms with Crippen molar-refractivity contribution in [1.82, 2.24) is 20.4 Å². The Morgan fingerprint density at radius 2 is 2.00 bits per heavy atom. The minimum Gasteiger partial charge on any atom is -0.390 e. The Bertz CT molecular complexity index is 281. The lowest BCUT2D eigenvalue weighted by Gasteiger charge is -2.35. The highest BCUT2D eigenvalue weighted by Crippen LogP contribution is 2.06. The van der Waals surface area contributed by atoms with Crippen LogP contribution in [0.5, 0.6) is 0 Å². The SMILES string of the molecule is CC1C(=O)NCCN1CC(O)CN1CCNCC1. The van der Waals surface area contributed by atoms with Gasteiger partial charge in [-0.3, -0.25) is 14.6 Å². The predicted molar refractivity (Wildman–Crippen MR) is 69.4 cm³/mol. The summed E-state index contributed by atoms with van der Waals surface area (Å²) in [4.78, 5) is 15.9. The number of amides is 1. The molecule has 0 aromatic rings. The predicted octanol–water partition coefficient (Wildman–Crippen LogP) is -1.93. The first-order valence-corrected chi connectivity index (χ1v) is 6.79. The van der Waals surface area contributed by atoms with Gasteiger partial charge in [0, 0.05) is 52.4 Å². The number of carbonyl (C=O) groups excluding carboxylic acids is 1. The molecule has 0 spiro atoms. The summed E-state index contributed by atoms with van der Waals surface area (Å²) in [5.41, 5.74) is 0. The van der Waals surface area contributed by atoms with E-state index in [9.17, 15) is 9.90 Å². The Labute approximate surface area is 108 Å². The van der Waals surface area contributed by atoms with Gasteiger partial charge < -0.3 is 15.7 Å². The first-order valence-electron chi connectivity index (χ1n) is 6.79. The van der Waals surface area contributed by atoms with E-state index in [2.05, 4.69) is 20.4 Å². The van der Waals surface area contributed by atoms with E-state index in [-0.39, 0.29) is 18.1 Å². The van der Waals surface area contributed by atoms with Crippen LogP contribution in [0.15, 0.2) is 0 Å². The lowest BCUT2D eigenvalue weighted by molar-refractivity contribution is -0.129. The summed E-state index contributed by atoms with van der Waals surface area (Å²) >= 11 is 0. The molecule has 2 rings (SSSR count). The smallest absolute Gasteiger partial charge is 0.237 e. The quantitative estimate of drug-likeness (QED) is 0.547. The van der Waals surface area contributed by atoms with E-state index < -0.39 is 0 Å². The first kappa shape index (κ1) is 13.7. The fraction of sp³-hybridized carbons (Fsp3) is 0.917. The van der Waals surface area contributed by atoms with Crippen LogP contribution in [-0.2, 0) is 4.79 Å². The van der Waals surface area contributed by atoms with Crippen LogP contribution in [0, 0.1) is 0 Å². The number of aliphatic hydroxyl groups is 1. The Hall–Kier alpha value is -0.690. The summed E-state index contributed by atoms with van der Waals surface area (Å²) in [6, 6.07) is -0.128. The Morgan fingerprint density at radius 1 is 1.28 bits per heavy atom. The van der Waals surface area contributed by atoms with Crippen LogP contribution in [0.1, 0.15) is 6.92 Å².